The molecule has 1 atom stereocenters. The molecule has 0 aromatic heterocycles. The second kappa shape index (κ2) is 11.3. The fourth-order valence-corrected chi connectivity index (χ4v) is 3.21. The number of aryl methyl sites for hydroxylation is 1. The molecule has 3 aromatic rings. The molecule has 0 fully saturated rings. The lowest BCUT2D eigenvalue weighted by molar-refractivity contribution is -0.385. The Bertz CT molecular complexity index is 1240. The second-order valence-corrected chi connectivity index (χ2v) is 7.36. The smallest absolute Gasteiger partial charge is 0.328 e. The molecular formula is C26H22N2O6. The number of esters is 1. The van der Waals surface area contributed by atoms with Gasteiger partial charge in [-0.3, -0.25) is 14.9 Å². The maximum atomic E-state index is 12.9. The van der Waals surface area contributed by atoms with Gasteiger partial charge in [-0.15, -0.1) is 0 Å². The van der Waals surface area contributed by atoms with Crippen LogP contribution in [-0.2, 0) is 16.0 Å². The summed E-state index contributed by atoms with van der Waals surface area (Å²) in [5.41, 5.74) is 1.46. The Morgan fingerprint density at radius 2 is 1.76 bits per heavy atom. The number of amides is 1. The number of ether oxygens (including phenoxy) is 1. The lowest BCUT2D eigenvalue weighted by Crippen LogP contribution is -2.41. The number of hydrogen-bond donors (Lipinski definition) is 2. The summed E-state index contributed by atoms with van der Waals surface area (Å²) in [6, 6.07) is 18.5. The molecule has 0 aliphatic rings. The minimum absolute atomic E-state index is 0.0460. The quantitative estimate of drug-likeness (QED) is 0.242. The second-order valence-electron chi connectivity index (χ2n) is 7.36. The largest absolute Gasteiger partial charge is 0.508 e. The predicted octanol–water partition coefficient (Wildman–Crippen LogP) is 3.60. The van der Waals surface area contributed by atoms with E-state index in [9.17, 15) is 24.8 Å². The molecule has 1 amide bonds. The fraction of sp³-hybridized carbons (Fsp3) is 0.154. The third-order valence-corrected chi connectivity index (χ3v) is 5.02. The number of benzene rings is 3. The molecule has 3 aromatic carbocycles. The predicted molar refractivity (Wildman–Crippen MR) is 125 cm³/mol. The molecular weight excluding hydrogens is 436 g/mol. The number of carbonyl (C=O) groups excluding carboxylic acids is 2. The monoisotopic (exact) mass is 458 g/mol. The van der Waals surface area contributed by atoms with Crippen molar-refractivity contribution in [1.29, 1.82) is 0 Å². The Morgan fingerprint density at radius 1 is 1.06 bits per heavy atom. The summed E-state index contributed by atoms with van der Waals surface area (Å²) in [4.78, 5) is 35.9. The molecule has 0 spiro atoms. The van der Waals surface area contributed by atoms with E-state index in [1.807, 2.05) is 30.3 Å². The summed E-state index contributed by atoms with van der Waals surface area (Å²) in [6.45, 7) is 0. The minimum atomic E-state index is -0.889. The van der Waals surface area contributed by atoms with Gasteiger partial charge >= 0.3 is 5.97 Å². The number of nitrogens with one attached hydrogen (secondary N) is 1. The number of phenols is 1. The van der Waals surface area contributed by atoms with Gasteiger partial charge in [0.1, 0.15) is 17.4 Å². The van der Waals surface area contributed by atoms with Crippen LogP contribution in [0.1, 0.15) is 33.5 Å². The van der Waals surface area contributed by atoms with Gasteiger partial charge in [0, 0.05) is 17.2 Å². The SMILES string of the molecule is COC(=O)[C@H](CCc1ccccc1)NC(=O)c1ccc([N+](=O)[O-])c(C#Cc2ccc(O)cc2)c1. The molecule has 8 nitrogen and oxygen atoms in total. The maximum absolute atomic E-state index is 12.9. The first-order chi connectivity index (χ1) is 16.4. The van der Waals surface area contributed by atoms with E-state index in [1.54, 1.807) is 12.1 Å². The van der Waals surface area contributed by atoms with E-state index >= 15 is 0 Å². The van der Waals surface area contributed by atoms with E-state index in [0.29, 0.717) is 18.4 Å². The zero-order valence-electron chi connectivity index (χ0n) is 18.4. The first kappa shape index (κ1) is 24.0. The number of methoxy groups -OCH3 is 1. The first-order valence-electron chi connectivity index (χ1n) is 10.4. The summed E-state index contributed by atoms with van der Waals surface area (Å²) in [5, 5.41) is 23.5. The molecule has 0 bridgehead atoms. The number of phenolic OH excluding ortho intramolecular Hbond substituents is 1. The average Bonchev–Trinajstić information content (AvgIpc) is 2.85. The van der Waals surface area contributed by atoms with E-state index in [1.165, 1.54) is 37.4 Å². The third-order valence-electron chi connectivity index (χ3n) is 5.02. The van der Waals surface area contributed by atoms with E-state index in [0.717, 1.165) is 5.56 Å². The van der Waals surface area contributed by atoms with E-state index in [4.69, 9.17) is 4.74 Å². The lowest BCUT2D eigenvalue weighted by atomic mass is 10.0. The van der Waals surface area contributed by atoms with Crippen molar-refractivity contribution >= 4 is 17.6 Å². The maximum Gasteiger partial charge on any atom is 0.328 e. The molecule has 0 saturated carbocycles. The molecule has 0 radical (unpaired) electrons. The summed E-state index contributed by atoms with van der Waals surface area (Å²) < 4.78 is 4.82. The number of aromatic hydroxyl groups is 1. The van der Waals surface area contributed by atoms with Crippen molar-refractivity contribution in [1.82, 2.24) is 5.32 Å². The third kappa shape index (κ3) is 6.43. The highest BCUT2D eigenvalue weighted by atomic mass is 16.6. The Hall–Kier alpha value is -4.64. The Kier molecular flexibility index (Phi) is 7.97. The number of carbonyl (C=O) groups is 2. The van der Waals surface area contributed by atoms with Gasteiger partial charge in [-0.05, 0) is 54.8 Å². The van der Waals surface area contributed by atoms with Crippen LogP contribution in [0.2, 0.25) is 0 Å². The van der Waals surface area contributed by atoms with Crippen LogP contribution in [-0.4, -0.2) is 35.1 Å². The molecule has 0 saturated heterocycles. The van der Waals surface area contributed by atoms with Crippen molar-refractivity contribution in [2.75, 3.05) is 7.11 Å². The van der Waals surface area contributed by atoms with Gasteiger partial charge in [0.15, 0.2) is 0 Å². The number of nitro benzene ring substituents is 1. The zero-order chi connectivity index (χ0) is 24.5. The van der Waals surface area contributed by atoms with Crippen molar-refractivity contribution in [3.8, 4) is 17.6 Å². The Balaban J connectivity index is 1.82. The van der Waals surface area contributed by atoms with Crippen LogP contribution >= 0.6 is 0 Å². The van der Waals surface area contributed by atoms with Crippen LogP contribution in [0.3, 0.4) is 0 Å². The number of rotatable bonds is 7. The molecule has 0 aliphatic carbocycles. The Morgan fingerprint density at radius 3 is 2.41 bits per heavy atom. The van der Waals surface area contributed by atoms with Crippen molar-refractivity contribution in [3.05, 3.63) is 105 Å². The highest BCUT2D eigenvalue weighted by Gasteiger charge is 2.23. The van der Waals surface area contributed by atoms with Crippen LogP contribution in [0.5, 0.6) is 5.75 Å². The van der Waals surface area contributed by atoms with Gasteiger partial charge in [-0.1, -0.05) is 42.2 Å². The van der Waals surface area contributed by atoms with Gasteiger partial charge < -0.3 is 15.2 Å². The van der Waals surface area contributed by atoms with E-state index in [-0.39, 0.29) is 22.6 Å². The zero-order valence-corrected chi connectivity index (χ0v) is 18.4. The van der Waals surface area contributed by atoms with Gasteiger partial charge in [-0.2, -0.15) is 0 Å². The van der Waals surface area contributed by atoms with E-state index < -0.39 is 22.8 Å². The highest BCUT2D eigenvalue weighted by Crippen LogP contribution is 2.20. The van der Waals surface area contributed by atoms with Crippen molar-refractivity contribution in [3.63, 3.8) is 0 Å². The van der Waals surface area contributed by atoms with Crippen LogP contribution in [0.25, 0.3) is 0 Å². The topological polar surface area (TPSA) is 119 Å². The number of hydrogen-bond acceptors (Lipinski definition) is 6. The molecule has 8 heteroatoms. The van der Waals surface area contributed by atoms with Crippen LogP contribution in [0.4, 0.5) is 5.69 Å². The number of nitrogens with zero attached hydrogens (tertiary/aromatic N) is 1. The van der Waals surface area contributed by atoms with Gasteiger partial charge in [0.25, 0.3) is 11.6 Å². The van der Waals surface area contributed by atoms with Crippen molar-refractivity contribution in [2.24, 2.45) is 0 Å². The molecule has 0 unspecified atom stereocenters. The van der Waals surface area contributed by atoms with Gasteiger partial charge in [0.2, 0.25) is 0 Å². The van der Waals surface area contributed by atoms with Crippen molar-refractivity contribution in [2.45, 2.75) is 18.9 Å². The molecule has 172 valence electrons. The minimum Gasteiger partial charge on any atom is -0.508 e. The standard InChI is InChI=1S/C26H22N2O6/c1-34-26(31)23(15-10-18-5-3-2-4-6-18)27-25(30)21-12-16-24(28(32)33)20(17-21)11-7-19-8-13-22(29)14-9-19/h2-6,8-9,12-14,16-17,23,29H,10,15H2,1H3,(H,27,30)/t23-/m0/s1. The summed E-state index contributed by atoms with van der Waals surface area (Å²) in [7, 11) is 1.24. The lowest BCUT2D eigenvalue weighted by Gasteiger charge is -2.16. The molecule has 3 rings (SSSR count). The summed E-state index contributed by atoms with van der Waals surface area (Å²) >= 11 is 0. The first-order valence-corrected chi connectivity index (χ1v) is 10.4. The molecule has 0 aliphatic heterocycles. The highest BCUT2D eigenvalue weighted by molar-refractivity contribution is 5.97. The fourth-order valence-electron chi connectivity index (χ4n) is 3.21. The summed E-state index contributed by atoms with van der Waals surface area (Å²) in [5.74, 6) is 4.41. The van der Waals surface area contributed by atoms with Crippen LogP contribution < -0.4 is 5.32 Å². The average molecular weight is 458 g/mol. The van der Waals surface area contributed by atoms with Crippen LogP contribution in [0, 0.1) is 22.0 Å². The molecule has 34 heavy (non-hydrogen) atoms. The Labute approximate surface area is 196 Å². The molecule has 2 N–H and O–H groups in total. The summed E-state index contributed by atoms with van der Waals surface area (Å²) in [6.07, 6.45) is 0.868. The van der Waals surface area contributed by atoms with Gasteiger partial charge in [-0.25, -0.2) is 4.79 Å². The van der Waals surface area contributed by atoms with Gasteiger partial charge in [0.05, 0.1) is 12.0 Å². The van der Waals surface area contributed by atoms with Crippen molar-refractivity contribution < 1.29 is 24.4 Å². The van der Waals surface area contributed by atoms with E-state index in [2.05, 4.69) is 17.2 Å². The number of nitro groups is 1. The molecule has 0 heterocycles. The normalized spacial score (nSPS) is 11.0. The van der Waals surface area contributed by atoms with Crippen LogP contribution in [0.15, 0.2) is 72.8 Å².